The molecule has 0 bridgehead atoms. The number of carboxylic acids is 1. The Morgan fingerprint density at radius 3 is 2.86 bits per heavy atom. The zero-order valence-corrected chi connectivity index (χ0v) is 13.4. The summed E-state index contributed by atoms with van der Waals surface area (Å²) in [6, 6.07) is 4.36. The first kappa shape index (κ1) is 16.0. The Morgan fingerprint density at radius 2 is 2.24 bits per heavy atom. The lowest BCUT2D eigenvalue weighted by Crippen LogP contribution is -2.48. The fourth-order valence-electron chi connectivity index (χ4n) is 2.48. The number of ether oxygens (including phenoxy) is 1. The van der Waals surface area contributed by atoms with Crippen molar-refractivity contribution >= 4 is 27.8 Å². The number of amides is 1. The molecule has 6 heteroatoms. The summed E-state index contributed by atoms with van der Waals surface area (Å²) in [5.41, 5.74) is 1.27. The average Bonchev–Trinajstić information content (AvgIpc) is 2.48. The predicted octanol–water partition coefficient (Wildman–Crippen LogP) is 2.37. The molecule has 0 saturated carbocycles. The number of hydrogen-bond donors (Lipinski definition) is 2. The van der Waals surface area contributed by atoms with Gasteiger partial charge in [0.2, 0.25) is 0 Å². The minimum absolute atomic E-state index is 0.187. The lowest BCUT2D eigenvalue weighted by Gasteiger charge is -2.28. The second kappa shape index (κ2) is 7.04. The van der Waals surface area contributed by atoms with E-state index in [1.807, 2.05) is 13.0 Å². The highest BCUT2D eigenvalue weighted by atomic mass is 79.9. The van der Waals surface area contributed by atoms with Crippen molar-refractivity contribution in [2.24, 2.45) is 5.92 Å². The minimum Gasteiger partial charge on any atom is -0.480 e. The standard InChI is InChI=1S/C15H18BrNO4/c1-9-11(5-2-6-12(9)16)14(18)17-13(15(19)20)10-4-3-7-21-8-10/h2,5-6,10,13H,3-4,7-8H2,1H3,(H,17,18)(H,19,20). The van der Waals surface area contributed by atoms with Crippen molar-refractivity contribution in [3.8, 4) is 0 Å². The molecule has 1 amide bonds. The molecule has 114 valence electrons. The van der Waals surface area contributed by atoms with Gasteiger partial charge in [-0.1, -0.05) is 22.0 Å². The fraction of sp³-hybridized carbons (Fsp3) is 0.467. The van der Waals surface area contributed by atoms with E-state index in [2.05, 4.69) is 21.2 Å². The Labute approximate surface area is 131 Å². The number of halogens is 1. The van der Waals surface area contributed by atoms with Gasteiger partial charge in [0.1, 0.15) is 6.04 Å². The van der Waals surface area contributed by atoms with Crippen molar-refractivity contribution in [3.05, 3.63) is 33.8 Å². The van der Waals surface area contributed by atoms with Crippen LogP contribution in [0.1, 0.15) is 28.8 Å². The SMILES string of the molecule is Cc1c(Br)cccc1C(=O)NC(C(=O)O)C1CCCOC1. The molecule has 2 rings (SSSR count). The molecular weight excluding hydrogens is 338 g/mol. The maximum atomic E-state index is 12.3. The number of carbonyl (C=O) groups excluding carboxylic acids is 1. The van der Waals surface area contributed by atoms with Crippen LogP contribution in [0.3, 0.4) is 0 Å². The Bertz CT molecular complexity index is 540. The molecule has 1 aromatic rings. The van der Waals surface area contributed by atoms with Crippen molar-refractivity contribution in [2.45, 2.75) is 25.8 Å². The summed E-state index contributed by atoms with van der Waals surface area (Å²) in [7, 11) is 0. The Morgan fingerprint density at radius 1 is 1.48 bits per heavy atom. The maximum absolute atomic E-state index is 12.3. The van der Waals surface area contributed by atoms with Crippen LogP contribution in [0.2, 0.25) is 0 Å². The number of benzene rings is 1. The number of nitrogens with one attached hydrogen (secondary N) is 1. The Balaban J connectivity index is 2.14. The van der Waals surface area contributed by atoms with Crippen LogP contribution in [-0.4, -0.2) is 36.2 Å². The van der Waals surface area contributed by atoms with Gasteiger partial charge in [-0.3, -0.25) is 4.79 Å². The van der Waals surface area contributed by atoms with Crippen molar-refractivity contribution in [1.29, 1.82) is 0 Å². The van der Waals surface area contributed by atoms with Crippen LogP contribution in [-0.2, 0) is 9.53 Å². The molecule has 0 spiro atoms. The third kappa shape index (κ3) is 3.83. The zero-order valence-electron chi connectivity index (χ0n) is 11.8. The highest BCUT2D eigenvalue weighted by molar-refractivity contribution is 9.10. The third-order valence-electron chi connectivity index (χ3n) is 3.73. The van der Waals surface area contributed by atoms with Gasteiger partial charge in [-0.05, 0) is 37.5 Å². The molecule has 0 radical (unpaired) electrons. The van der Waals surface area contributed by atoms with Gasteiger partial charge in [0.05, 0.1) is 6.61 Å². The van der Waals surface area contributed by atoms with E-state index in [1.165, 1.54) is 0 Å². The summed E-state index contributed by atoms with van der Waals surface area (Å²) in [5, 5.41) is 12.0. The summed E-state index contributed by atoms with van der Waals surface area (Å²) >= 11 is 3.37. The molecular formula is C15H18BrNO4. The Kier molecular flexibility index (Phi) is 5.36. The van der Waals surface area contributed by atoms with E-state index in [9.17, 15) is 14.7 Å². The molecule has 5 nitrogen and oxygen atoms in total. The summed E-state index contributed by atoms with van der Waals surface area (Å²) in [6.45, 7) is 2.84. The second-order valence-electron chi connectivity index (χ2n) is 5.18. The monoisotopic (exact) mass is 355 g/mol. The maximum Gasteiger partial charge on any atom is 0.326 e. The van der Waals surface area contributed by atoms with E-state index in [4.69, 9.17) is 4.74 Å². The lowest BCUT2D eigenvalue weighted by molar-refractivity contribution is -0.142. The summed E-state index contributed by atoms with van der Waals surface area (Å²) in [6.07, 6.45) is 1.56. The normalized spacial score (nSPS) is 19.8. The molecule has 1 fully saturated rings. The van der Waals surface area contributed by atoms with Crippen molar-refractivity contribution < 1.29 is 19.4 Å². The second-order valence-corrected chi connectivity index (χ2v) is 6.03. The number of carbonyl (C=O) groups is 2. The van der Waals surface area contributed by atoms with Crippen LogP contribution in [0.5, 0.6) is 0 Å². The molecule has 0 aromatic heterocycles. The van der Waals surface area contributed by atoms with Gasteiger partial charge in [-0.25, -0.2) is 4.79 Å². The van der Waals surface area contributed by atoms with E-state index in [-0.39, 0.29) is 11.8 Å². The number of aliphatic carboxylic acids is 1. The molecule has 1 saturated heterocycles. The topological polar surface area (TPSA) is 75.6 Å². The van der Waals surface area contributed by atoms with Gasteiger partial charge in [0, 0.05) is 22.6 Å². The van der Waals surface area contributed by atoms with Crippen LogP contribution in [0.4, 0.5) is 0 Å². The fourth-order valence-corrected chi connectivity index (χ4v) is 2.85. The Hall–Kier alpha value is -1.40. The van der Waals surface area contributed by atoms with Crippen LogP contribution in [0.25, 0.3) is 0 Å². The summed E-state index contributed by atoms with van der Waals surface area (Å²) < 4.78 is 6.14. The first-order chi connectivity index (χ1) is 10.0. The van der Waals surface area contributed by atoms with Gasteiger partial charge >= 0.3 is 5.97 Å². The van der Waals surface area contributed by atoms with Crippen molar-refractivity contribution in [2.75, 3.05) is 13.2 Å². The molecule has 21 heavy (non-hydrogen) atoms. The molecule has 0 aliphatic carbocycles. The smallest absolute Gasteiger partial charge is 0.326 e. The van der Waals surface area contributed by atoms with E-state index >= 15 is 0 Å². The van der Waals surface area contributed by atoms with Gasteiger partial charge in [0.25, 0.3) is 5.91 Å². The minimum atomic E-state index is -1.02. The lowest BCUT2D eigenvalue weighted by atomic mass is 9.93. The largest absolute Gasteiger partial charge is 0.480 e. The molecule has 1 aliphatic heterocycles. The van der Waals surface area contributed by atoms with Crippen LogP contribution in [0.15, 0.2) is 22.7 Å². The molecule has 2 unspecified atom stereocenters. The molecule has 2 atom stereocenters. The van der Waals surface area contributed by atoms with Crippen molar-refractivity contribution in [1.82, 2.24) is 5.32 Å². The van der Waals surface area contributed by atoms with E-state index < -0.39 is 12.0 Å². The van der Waals surface area contributed by atoms with Gasteiger partial charge < -0.3 is 15.2 Å². The predicted molar refractivity (Wildman–Crippen MR) is 81.3 cm³/mol. The summed E-state index contributed by atoms with van der Waals surface area (Å²) in [5.74, 6) is -1.58. The molecule has 1 heterocycles. The summed E-state index contributed by atoms with van der Waals surface area (Å²) in [4.78, 5) is 23.8. The number of rotatable bonds is 4. The molecule has 1 aliphatic rings. The van der Waals surface area contributed by atoms with Crippen LogP contribution < -0.4 is 5.32 Å². The highest BCUT2D eigenvalue weighted by Crippen LogP contribution is 2.21. The first-order valence-corrected chi connectivity index (χ1v) is 7.66. The molecule has 1 aromatic carbocycles. The average molecular weight is 356 g/mol. The van der Waals surface area contributed by atoms with Crippen LogP contribution >= 0.6 is 15.9 Å². The zero-order chi connectivity index (χ0) is 15.4. The third-order valence-corrected chi connectivity index (χ3v) is 4.59. The van der Waals surface area contributed by atoms with Gasteiger partial charge in [0.15, 0.2) is 0 Å². The van der Waals surface area contributed by atoms with E-state index in [0.29, 0.717) is 18.8 Å². The molecule has 2 N–H and O–H groups in total. The van der Waals surface area contributed by atoms with E-state index in [0.717, 1.165) is 22.9 Å². The van der Waals surface area contributed by atoms with Crippen LogP contribution in [0, 0.1) is 12.8 Å². The number of carboxylic acid groups (broad SMARTS) is 1. The van der Waals surface area contributed by atoms with Gasteiger partial charge in [-0.2, -0.15) is 0 Å². The first-order valence-electron chi connectivity index (χ1n) is 6.87. The van der Waals surface area contributed by atoms with Crippen molar-refractivity contribution in [3.63, 3.8) is 0 Å². The number of hydrogen-bond acceptors (Lipinski definition) is 3. The highest BCUT2D eigenvalue weighted by Gasteiger charge is 2.31. The van der Waals surface area contributed by atoms with E-state index in [1.54, 1.807) is 12.1 Å². The quantitative estimate of drug-likeness (QED) is 0.869. The van der Waals surface area contributed by atoms with Gasteiger partial charge in [-0.15, -0.1) is 0 Å².